The van der Waals surface area contributed by atoms with Gasteiger partial charge in [-0.1, -0.05) is 11.3 Å². The van der Waals surface area contributed by atoms with Crippen LogP contribution >= 0.6 is 11.3 Å². The van der Waals surface area contributed by atoms with Crippen LogP contribution in [0.5, 0.6) is 11.5 Å². The first-order valence-corrected chi connectivity index (χ1v) is 8.16. The summed E-state index contributed by atoms with van der Waals surface area (Å²) in [4.78, 5) is 14.3. The molecule has 0 saturated carbocycles. The molecule has 1 aliphatic rings. The van der Waals surface area contributed by atoms with E-state index in [4.69, 9.17) is 9.47 Å². The highest BCUT2D eigenvalue weighted by Crippen LogP contribution is 2.38. The predicted molar refractivity (Wildman–Crippen MR) is 87.2 cm³/mol. The second-order valence-electron chi connectivity index (χ2n) is 5.13. The van der Waals surface area contributed by atoms with Gasteiger partial charge in [0.2, 0.25) is 5.13 Å². The Balaban J connectivity index is 1.82. The van der Waals surface area contributed by atoms with Crippen LogP contribution in [0, 0.1) is 0 Å². The van der Waals surface area contributed by atoms with E-state index in [2.05, 4.69) is 15.5 Å². The molecular weight excluding hydrogens is 316 g/mol. The first kappa shape index (κ1) is 15.5. The van der Waals surface area contributed by atoms with Crippen molar-refractivity contribution in [2.45, 2.75) is 18.9 Å². The van der Waals surface area contributed by atoms with E-state index in [9.17, 15) is 4.79 Å². The van der Waals surface area contributed by atoms with Gasteiger partial charge in [-0.3, -0.25) is 5.32 Å². The zero-order valence-corrected chi connectivity index (χ0v) is 13.8. The lowest BCUT2D eigenvalue weighted by molar-refractivity contribution is 0.206. The molecule has 2 amide bonds. The number of methoxy groups -OCH3 is 2. The van der Waals surface area contributed by atoms with Crippen LogP contribution in [0.2, 0.25) is 0 Å². The molecule has 7 nitrogen and oxygen atoms in total. The number of rotatable bonds is 4. The highest BCUT2D eigenvalue weighted by Gasteiger charge is 2.32. The molecule has 3 rings (SSSR count). The maximum absolute atomic E-state index is 12.5. The molecule has 1 saturated heterocycles. The fourth-order valence-electron chi connectivity index (χ4n) is 2.82. The molecule has 0 radical (unpaired) electrons. The summed E-state index contributed by atoms with van der Waals surface area (Å²) < 4.78 is 10.7. The molecule has 2 heterocycles. The molecule has 0 aliphatic carbocycles. The fourth-order valence-corrected chi connectivity index (χ4v) is 3.25. The molecule has 1 fully saturated rings. The Morgan fingerprint density at radius 1 is 1.39 bits per heavy atom. The standard InChI is InChI=1S/C15H18N4O3S/c1-21-10-5-6-11(13(8-10)22-2)12-4-3-7-19(12)15(20)17-14-18-16-9-23-14/h5-6,8-9,12H,3-4,7H2,1-2H3,(H,17,18,20)/t12-/m1/s1. The summed E-state index contributed by atoms with van der Waals surface area (Å²) in [5.74, 6) is 1.46. The average molecular weight is 334 g/mol. The third-order valence-corrected chi connectivity index (χ3v) is 4.49. The normalized spacial score (nSPS) is 17.1. The third kappa shape index (κ3) is 3.21. The van der Waals surface area contributed by atoms with Gasteiger partial charge in [-0.25, -0.2) is 4.79 Å². The van der Waals surface area contributed by atoms with Crippen molar-refractivity contribution in [2.24, 2.45) is 0 Å². The van der Waals surface area contributed by atoms with Crippen molar-refractivity contribution in [3.63, 3.8) is 0 Å². The van der Waals surface area contributed by atoms with Gasteiger partial charge < -0.3 is 14.4 Å². The van der Waals surface area contributed by atoms with Crippen molar-refractivity contribution in [3.8, 4) is 11.5 Å². The van der Waals surface area contributed by atoms with Crippen LogP contribution in [-0.4, -0.2) is 41.9 Å². The molecule has 122 valence electrons. The number of hydrogen-bond donors (Lipinski definition) is 1. The van der Waals surface area contributed by atoms with E-state index in [0.29, 0.717) is 11.7 Å². The van der Waals surface area contributed by atoms with Gasteiger partial charge in [-0.05, 0) is 25.0 Å². The lowest BCUT2D eigenvalue weighted by Gasteiger charge is -2.26. The summed E-state index contributed by atoms with van der Waals surface area (Å²) in [5.41, 5.74) is 2.57. The summed E-state index contributed by atoms with van der Waals surface area (Å²) in [6, 6.07) is 5.50. The van der Waals surface area contributed by atoms with Gasteiger partial charge in [0.15, 0.2) is 0 Å². The Bertz CT molecular complexity index is 677. The van der Waals surface area contributed by atoms with Crippen LogP contribution in [0.15, 0.2) is 23.7 Å². The molecule has 1 atom stereocenters. The highest BCUT2D eigenvalue weighted by molar-refractivity contribution is 7.13. The van der Waals surface area contributed by atoms with E-state index in [1.807, 2.05) is 23.1 Å². The van der Waals surface area contributed by atoms with Crippen molar-refractivity contribution in [2.75, 3.05) is 26.1 Å². The quantitative estimate of drug-likeness (QED) is 0.930. The summed E-state index contributed by atoms with van der Waals surface area (Å²) in [5, 5.41) is 10.9. The Morgan fingerprint density at radius 2 is 2.26 bits per heavy atom. The Hall–Kier alpha value is -2.35. The number of benzene rings is 1. The molecule has 0 spiro atoms. The molecule has 1 aromatic heterocycles. The minimum Gasteiger partial charge on any atom is -0.497 e. The molecule has 2 aromatic rings. The van der Waals surface area contributed by atoms with Crippen LogP contribution in [0.3, 0.4) is 0 Å². The van der Waals surface area contributed by atoms with Crippen LogP contribution in [-0.2, 0) is 0 Å². The van der Waals surface area contributed by atoms with Crippen molar-refractivity contribution < 1.29 is 14.3 Å². The smallest absolute Gasteiger partial charge is 0.324 e. The van der Waals surface area contributed by atoms with Crippen molar-refractivity contribution >= 4 is 22.5 Å². The monoisotopic (exact) mass is 334 g/mol. The second-order valence-corrected chi connectivity index (χ2v) is 5.97. The molecular formula is C15H18N4O3S. The van der Waals surface area contributed by atoms with E-state index in [0.717, 1.165) is 29.9 Å². The number of carbonyl (C=O) groups is 1. The van der Waals surface area contributed by atoms with E-state index in [-0.39, 0.29) is 12.1 Å². The van der Waals surface area contributed by atoms with E-state index in [1.165, 1.54) is 11.3 Å². The van der Waals surface area contributed by atoms with Gasteiger partial charge in [-0.15, -0.1) is 10.2 Å². The zero-order chi connectivity index (χ0) is 16.2. The molecule has 1 aromatic carbocycles. The van der Waals surface area contributed by atoms with Gasteiger partial charge >= 0.3 is 6.03 Å². The van der Waals surface area contributed by atoms with Crippen LogP contribution in [0.1, 0.15) is 24.4 Å². The van der Waals surface area contributed by atoms with Crippen LogP contribution in [0.4, 0.5) is 9.93 Å². The number of anilines is 1. The van der Waals surface area contributed by atoms with E-state index >= 15 is 0 Å². The number of amides is 2. The Labute approximate surface area is 138 Å². The van der Waals surface area contributed by atoms with E-state index in [1.54, 1.807) is 19.7 Å². The number of carbonyl (C=O) groups excluding carboxylic acids is 1. The number of urea groups is 1. The van der Waals surface area contributed by atoms with Gasteiger partial charge in [0, 0.05) is 18.2 Å². The zero-order valence-electron chi connectivity index (χ0n) is 13.0. The second kappa shape index (κ2) is 6.82. The van der Waals surface area contributed by atoms with Gasteiger partial charge in [-0.2, -0.15) is 0 Å². The minimum absolute atomic E-state index is 0.0243. The van der Waals surface area contributed by atoms with Gasteiger partial charge in [0.1, 0.15) is 17.0 Å². The Kier molecular flexibility index (Phi) is 4.61. The van der Waals surface area contributed by atoms with Crippen molar-refractivity contribution in [1.29, 1.82) is 0 Å². The maximum Gasteiger partial charge on any atom is 0.324 e. The number of hydrogen-bond acceptors (Lipinski definition) is 6. The SMILES string of the molecule is COc1ccc([C@H]2CCCN2C(=O)Nc2nncs2)c(OC)c1. The average Bonchev–Trinajstić information content (AvgIpc) is 3.25. The first-order chi connectivity index (χ1) is 11.2. The molecule has 1 N–H and O–H groups in total. The van der Waals surface area contributed by atoms with Crippen molar-refractivity contribution in [1.82, 2.24) is 15.1 Å². The molecule has 8 heteroatoms. The van der Waals surface area contributed by atoms with Gasteiger partial charge in [0.25, 0.3) is 0 Å². The fraction of sp³-hybridized carbons (Fsp3) is 0.400. The summed E-state index contributed by atoms with van der Waals surface area (Å²) in [7, 11) is 3.24. The summed E-state index contributed by atoms with van der Waals surface area (Å²) in [6.07, 6.45) is 1.84. The molecule has 1 aliphatic heterocycles. The summed E-state index contributed by atoms with van der Waals surface area (Å²) >= 11 is 1.30. The predicted octanol–water partition coefficient (Wildman–Crippen LogP) is 2.92. The minimum atomic E-state index is -0.165. The summed E-state index contributed by atoms with van der Waals surface area (Å²) in [6.45, 7) is 0.699. The lowest BCUT2D eigenvalue weighted by atomic mass is 10.0. The Morgan fingerprint density at radius 3 is 2.96 bits per heavy atom. The number of likely N-dealkylation sites (tertiary alicyclic amines) is 1. The number of ether oxygens (including phenoxy) is 2. The molecule has 0 bridgehead atoms. The lowest BCUT2D eigenvalue weighted by Crippen LogP contribution is -2.34. The topological polar surface area (TPSA) is 76.6 Å². The van der Waals surface area contributed by atoms with Gasteiger partial charge in [0.05, 0.1) is 20.3 Å². The van der Waals surface area contributed by atoms with Crippen LogP contribution in [0.25, 0.3) is 0 Å². The number of nitrogens with zero attached hydrogens (tertiary/aromatic N) is 3. The van der Waals surface area contributed by atoms with Crippen LogP contribution < -0.4 is 14.8 Å². The third-order valence-electron chi connectivity index (χ3n) is 3.89. The van der Waals surface area contributed by atoms with E-state index < -0.39 is 0 Å². The first-order valence-electron chi connectivity index (χ1n) is 7.28. The maximum atomic E-state index is 12.5. The van der Waals surface area contributed by atoms with Crippen molar-refractivity contribution in [3.05, 3.63) is 29.3 Å². The largest absolute Gasteiger partial charge is 0.497 e. The number of nitrogens with one attached hydrogen (secondary N) is 1. The number of aromatic nitrogens is 2. The molecule has 23 heavy (non-hydrogen) atoms. The highest BCUT2D eigenvalue weighted by atomic mass is 32.1. The molecule has 0 unspecified atom stereocenters.